The maximum absolute atomic E-state index is 6.45. The number of para-hydroxylation sites is 1. The lowest BCUT2D eigenvalue weighted by Crippen LogP contribution is -3.00. The Labute approximate surface area is 190 Å². The molecule has 4 rings (SSSR count). The highest BCUT2D eigenvalue weighted by atomic mass is 35.5. The lowest BCUT2D eigenvalue weighted by atomic mass is 9.99. The molecule has 3 aliphatic rings. The van der Waals surface area contributed by atoms with Crippen molar-refractivity contribution in [3.8, 4) is 0 Å². The molecule has 1 aromatic rings. The third kappa shape index (κ3) is 5.19. The number of rotatable bonds is 5. The Balaban J connectivity index is 0.00000240. The Morgan fingerprint density at radius 1 is 0.655 bits per heavy atom. The topological polar surface area (TPSA) is 12.0 Å². The predicted molar refractivity (Wildman–Crippen MR) is 130 cm³/mol. The van der Waals surface area contributed by atoms with Crippen LogP contribution in [0.5, 0.6) is 0 Å². The molecule has 3 aliphatic carbocycles. The molecule has 1 nitrogen and oxygen atoms in total. The molecule has 0 spiro atoms. The zero-order valence-electron chi connectivity index (χ0n) is 18.0. The van der Waals surface area contributed by atoms with E-state index in [1.54, 1.807) is 0 Å². The van der Waals surface area contributed by atoms with E-state index in [2.05, 4.69) is 35.6 Å². The number of nitrogens with one attached hydrogen (secondary N) is 1. The smallest absolute Gasteiger partial charge is 0.226 e. The van der Waals surface area contributed by atoms with Gasteiger partial charge in [0, 0.05) is 5.69 Å². The van der Waals surface area contributed by atoms with Gasteiger partial charge in [-0.25, -0.2) is 0 Å². The van der Waals surface area contributed by atoms with Gasteiger partial charge < -0.3 is 17.7 Å². The number of benzene rings is 1. The van der Waals surface area contributed by atoms with Crippen LogP contribution < -0.4 is 17.7 Å². The van der Waals surface area contributed by atoms with Crippen molar-refractivity contribution in [2.24, 2.45) is 0 Å². The van der Waals surface area contributed by atoms with Gasteiger partial charge >= 0.3 is 0 Å². The zero-order valence-corrected chi connectivity index (χ0v) is 20.4. The van der Waals surface area contributed by atoms with Crippen molar-refractivity contribution < 1.29 is 12.4 Å². The molecular formula is C25H39ClNPS. The maximum atomic E-state index is 6.45. The molecule has 4 heteroatoms. The van der Waals surface area contributed by atoms with E-state index in [0.29, 0.717) is 0 Å². The van der Waals surface area contributed by atoms with E-state index in [4.69, 9.17) is 12.2 Å². The fourth-order valence-corrected chi connectivity index (χ4v) is 14.9. The largest absolute Gasteiger partial charge is 1.00 e. The lowest BCUT2D eigenvalue weighted by molar-refractivity contribution is -0.00000561. The van der Waals surface area contributed by atoms with E-state index >= 15 is 0 Å². The van der Waals surface area contributed by atoms with Crippen molar-refractivity contribution >= 4 is 29.9 Å². The predicted octanol–water partition coefficient (Wildman–Crippen LogP) is 5.40. The highest BCUT2D eigenvalue weighted by Gasteiger charge is 2.60. The third-order valence-corrected chi connectivity index (χ3v) is 15.0. The second-order valence-corrected chi connectivity index (χ2v) is 14.5. The summed E-state index contributed by atoms with van der Waals surface area (Å²) < 4.78 is 1.32. The lowest BCUT2D eigenvalue weighted by Gasteiger charge is -2.48. The summed E-state index contributed by atoms with van der Waals surface area (Å²) in [5.41, 5.74) is 3.96. The van der Waals surface area contributed by atoms with E-state index in [-0.39, 0.29) is 12.4 Å². The highest BCUT2D eigenvalue weighted by molar-refractivity contribution is 8.08. The van der Waals surface area contributed by atoms with Crippen molar-refractivity contribution in [3.63, 3.8) is 0 Å². The molecule has 0 aromatic heterocycles. The summed E-state index contributed by atoms with van der Waals surface area (Å²) in [6.45, 7) is 0. The summed E-state index contributed by atoms with van der Waals surface area (Å²) in [6, 6.07) is 10.8. The Morgan fingerprint density at radius 2 is 1.03 bits per heavy atom. The van der Waals surface area contributed by atoms with E-state index in [1.165, 1.54) is 107 Å². The number of halogens is 1. The van der Waals surface area contributed by atoms with Gasteiger partial charge in [-0.15, -0.1) is 0 Å². The maximum Gasteiger partial charge on any atom is 0.226 e. The summed E-state index contributed by atoms with van der Waals surface area (Å²) in [5, 5.41) is 3.86. The summed E-state index contributed by atoms with van der Waals surface area (Å²) in [4.78, 5) is 0. The van der Waals surface area contributed by atoms with Gasteiger partial charge in [-0.2, -0.15) is 0 Å². The molecule has 0 radical (unpaired) electrons. The van der Waals surface area contributed by atoms with Crippen LogP contribution in [0, 0.1) is 0 Å². The summed E-state index contributed by atoms with van der Waals surface area (Å²) in [5.74, 6) is 0. The Bertz CT molecular complexity index is 573. The Hall–Kier alpha value is -0.170. The quantitative estimate of drug-likeness (QED) is 0.475. The van der Waals surface area contributed by atoms with E-state index in [0.717, 1.165) is 17.0 Å². The molecule has 0 bridgehead atoms. The van der Waals surface area contributed by atoms with Crippen LogP contribution >= 0.6 is 19.5 Å². The van der Waals surface area contributed by atoms with Crippen LogP contribution in [0.3, 0.4) is 0 Å². The van der Waals surface area contributed by atoms with Crippen LogP contribution in [0.4, 0.5) is 5.69 Å². The van der Waals surface area contributed by atoms with Crippen molar-refractivity contribution in [1.29, 1.82) is 0 Å². The molecule has 0 atom stereocenters. The number of hydrogen-bond acceptors (Lipinski definition) is 1. The third-order valence-electron chi connectivity index (χ3n) is 7.91. The van der Waals surface area contributed by atoms with Crippen LogP contribution in [-0.2, 0) is 0 Å². The molecule has 29 heavy (non-hydrogen) atoms. The van der Waals surface area contributed by atoms with E-state index in [1.807, 2.05) is 0 Å². The molecule has 1 aromatic carbocycles. The van der Waals surface area contributed by atoms with Gasteiger partial charge in [-0.1, -0.05) is 37.5 Å². The van der Waals surface area contributed by atoms with Crippen molar-refractivity contribution in [2.75, 3.05) is 5.32 Å². The van der Waals surface area contributed by atoms with Gasteiger partial charge in [0.05, 0.1) is 24.2 Å². The molecule has 0 unspecified atom stereocenters. The molecule has 0 amide bonds. The minimum atomic E-state index is -1.36. The molecule has 3 fully saturated rings. The first-order chi connectivity index (χ1) is 13.8. The van der Waals surface area contributed by atoms with Crippen molar-refractivity contribution in [1.82, 2.24) is 0 Å². The first kappa shape index (κ1) is 23.5. The number of hydrogen-bond donors (Lipinski definition) is 1. The standard InChI is InChI=1S/C25H38NPS.ClH/c28-25(26-21-13-5-1-6-14-21)27(22-15-7-2-8-16-22,23-17-9-3-10-18-23)24-19-11-4-12-20-24;/h1,5-6,13-14,22-24H,2-4,7-12,15-20H2;1H. The van der Waals surface area contributed by atoms with Crippen LogP contribution in [0.15, 0.2) is 30.3 Å². The van der Waals surface area contributed by atoms with Crippen molar-refractivity contribution in [2.45, 2.75) is 113 Å². The minimum absolute atomic E-state index is 0. The monoisotopic (exact) mass is 451 g/mol. The minimum Gasteiger partial charge on any atom is -1.00 e. The van der Waals surface area contributed by atoms with Crippen LogP contribution in [-0.4, -0.2) is 21.7 Å². The van der Waals surface area contributed by atoms with Gasteiger partial charge in [0.2, 0.25) is 4.73 Å². The van der Waals surface area contributed by atoms with Crippen LogP contribution in [0.25, 0.3) is 0 Å². The van der Waals surface area contributed by atoms with Crippen LogP contribution in [0.1, 0.15) is 96.3 Å². The van der Waals surface area contributed by atoms with Gasteiger partial charge in [-0.05, 0) is 101 Å². The number of thiocarbonyl (C=S) groups is 1. The average molecular weight is 452 g/mol. The summed E-state index contributed by atoms with van der Waals surface area (Å²) in [7, 11) is -1.36. The average Bonchev–Trinajstić information content (AvgIpc) is 2.77. The zero-order chi connectivity index (χ0) is 19.2. The molecule has 0 saturated heterocycles. The highest BCUT2D eigenvalue weighted by Crippen LogP contribution is 2.78. The molecular weight excluding hydrogens is 413 g/mol. The van der Waals surface area contributed by atoms with E-state index in [9.17, 15) is 0 Å². The van der Waals surface area contributed by atoms with Crippen molar-refractivity contribution in [3.05, 3.63) is 30.3 Å². The summed E-state index contributed by atoms with van der Waals surface area (Å²) >= 11 is 6.45. The molecule has 1 N–H and O–H groups in total. The first-order valence-corrected chi connectivity index (χ1v) is 14.5. The van der Waals surface area contributed by atoms with Gasteiger partial charge in [0.25, 0.3) is 0 Å². The SMILES string of the molecule is S=C(Nc1ccccc1)[P+](C1CCCCC1)(C1CCCCC1)C1CCCCC1.[Cl-]. The Morgan fingerprint density at radius 3 is 1.41 bits per heavy atom. The fourth-order valence-electron chi connectivity index (χ4n) is 6.66. The van der Waals surface area contributed by atoms with E-state index < -0.39 is 7.26 Å². The Kier molecular flexibility index (Phi) is 9.27. The second-order valence-electron chi connectivity index (χ2n) is 9.51. The second kappa shape index (κ2) is 11.4. The van der Waals surface area contributed by atoms with Gasteiger partial charge in [-0.3, -0.25) is 0 Å². The van der Waals surface area contributed by atoms with Gasteiger partial charge in [0.15, 0.2) is 0 Å². The molecule has 0 aliphatic heterocycles. The number of anilines is 1. The van der Waals surface area contributed by atoms with Gasteiger partial charge in [0.1, 0.15) is 0 Å². The first-order valence-electron chi connectivity index (χ1n) is 12.1. The molecule has 0 heterocycles. The molecule has 162 valence electrons. The summed E-state index contributed by atoms with van der Waals surface area (Å²) in [6.07, 6.45) is 21.7. The van der Waals surface area contributed by atoms with Crippen LogP contribution in [0.2, 0.25) is 0 Å². The molecule has 3 saturated carbocycles. The normalized spacial score (nSPS) is 22.6. The fraction of sp³-hybridized carbons (Fsp3) is 0.720.